The largest absolute Gasteiger partial charge is 0.489 e. The van der Waals surface area contributed by atoms with Crippen molar-refractivity contribution >= 4 is 16.9 Å². The summed E-state index contributed by atoms with van der Waals surface area (Å²) in [5, 5.41) is 10.1. The van der Waals surface area contributed by atoms with E-state index in [1.807, 2.05) is 74.6 Å². The number of benzene rings is 3. The molecule has 0 unspecified atom stereocenters. The van der Waals surface area contributed by atoms with Crippen LogP contribution in [0.3, 0.4) is 0 Å². The fraction of sp³-hybridized carbons (Fsp3) is 0.160. The summed E-state index contributed by atoms with van der Waals surface area (Å²) in [7, 11) is 0. The number of hydrogen-bond donors (Lipinski definition) is 1. The summed E-state index contributed by atoms with van der Waals surface area (Å²) in [6, 6.07) is 25.2. The first-order valence-corrected chi connectivity index (χ1v) is 9.77. The molecule has 0 spiro atoms. The van der Waals surface area contributed by atoms with E-state index in [1.165, 1.54) is 0 Å². The predicted molar refractivity (Wildman–Crippen MR) is 117 cm³/mol. The first kappa shape index (κ1) is 20.2. The fourth-order valence-electron chi connectivity index (χ4n) is 3.10. The van der Waals surface area contributed by atoms with Crippen molar-refractivity contribution in [1.29, 1.82) is 0 Å². The number of fused-ring (bicyclic) bond motifs is 1. The van der Waals surface area contributed by atoms with E-state index in [1.54, 1.807) is 12.1 Å². The summed E-state index contributed by atoms with van der Waals surface area (Å²) in [4.78, 5) is 11.0. The average Bonchev–Trinajstić information content (AvgIpc) is 3.17. The molecule has 0 fully saturated rings. The Morgan fingerprint density at radius 2 is 1.62 bits per heavy atom. The van der Waals surface area contributed by atoms with Crippen molar-refractivity contribution < 1.29 is 14.6 Å². The van der Waals surface area contributed by atoms with Gasteiger partial charge in [0.1, 0.15) is 12.4 Å². The summed E-state index contributed by atoms with van der Waals surface area (Å²) in [6.07, 6.45) is 2.04. The molecule has 0 atom stereocenters. The zero-order valence-electron chi connectivity index (χ0n) is 16.7. The van der Waals surface area contributed by atoms with Gasteiger partial charge in [-0.3, -0.25) is 0 Å². The van der Waals surface area contributed by atoms with Crippen molar-refractivity contribution in [3.05, 3.63) is 102 Å². The summed E-state index contributed by atoms with van der Waals surface area (Å²) in [5.74, 6) is -0.0640. The molecule has 1 aromatic heterocycles. The molecule has 1 N–H and O–H groups in total. The topological polar surface area (TPSA) is 51.5 Å². The summed E-state index contributed by atoms with van der Waals surface area (Å²) in [6.45, 7) is 5.23. The van der Waals surface area contributed by atoms with Gasteiger partial charge in [0.05, 0.1) is 5.56 Å². The molecule has 1 heterocycles. The zero-order valence-corrected chi connectivity index (χ0v) is 16.7. The number of nitrogens with zero attached hydrogens (tertiary/aromatic N) is 1. The normalized spacial score (nSPS) is 10.3. The first-order chi connectivity index (χ1) is 14.2. The molecular formula is C25H25NO3. The Morgan fingerprint density at radius 3 is 2.31 bits per heavy atom. The van der Waals surface area contributed by atoms with Crippen molar-refractivity contribution in [3.8, 4) is 5.75 Å². The molecule has 4 rings (SSSR count). The number of hydrogen-bond acceptors (Lipinski definition) is 2. The van der Waals surface area contributed by atoms with Gasteiger partial charge in [-0.15, -0.1) is 0 Å². The second kappa shape index (κ2) is 9.60. The smallest absolute Gasteiger partial charge is 0.335 e. The number of aromatic carboxylic acids is 1. The van der Waals surface area contributed by atoms with Gasteiger partial charge in [0, 0.05) is 23.6 Å². The van der Waals surface area contributed by atoms with Crippen LogP contribution in [0.1, 0.15) is 35.3 Å². The molecule has 0 saturated carbocycles. The average molecular weight is 387 g/mol. The van der Waals surface area contributed by atoms with Crippen LogP contribution in [0.4, 0.5) is 0 Å². The summed E-state index contributed by atoms with van der Waals surface area (Å²) in [5.41, 5.74) is 3.61. The van der Waals surface area contributed by atoms with E-state index in [4.69, 9.17) is 9.84 Å². The minimum Gasteiger partial charge on any atom is -0.489 e. The van der Waals surface area contributed by atoms with Crippen LogP contribution in [0.15, 0.2) is 85.1 Å². The van der Waals surface area contributed by atoms with E-state index < -0.39 is 5.97 Å². The quantitative estimate of drug-likeness (QED) is 0.442. The van der Waals surface area contributed by atoms with Gasteiger partial charge in [0.25, 0.3) is 0 Å². The van der Waals surface area contributed by atoms with E-state index >= 15 is 0 Å². The van der Waals surface area contributed by atoms with Crippen LogP contribution in [-0.2, 0) is 13.2 Å². The minimum absolute atomic E-state index is 0.302. The van der Waals surface area contributed by atoms with E-state index in [0.29, 0.717) is 18.7 Å². The van der Waals surface area contributed by atoms with Gasteiger partial charge in [-0.25, -0.2) is 4.79 Å². The van der Waals surface area contributed by atoms with Crippen LogP contribution >= 0.6 is 0 Å². The standard InChI is InChI=1S/C23H19NO3.C2H6/c25-23(26)19-8-6-17(7-9-19)15-24-13-12-20-14-21(10-11-22(20)24)27-16-18-4-2-1-3-5-18;1-2/h1-14H,15-16H2,(H,25,26);1-2H3. The molecule has 4 nitrogen and oxygen atoms in total. The zero-order chi connectivity index (χ0) is 20.6. The van der Waals surface area contributed by atoms with E-state index in [2.05, 4.69) is 16.7 Å². The van der Waals surface area contributed by atoms with E-state index in [9.17, 15) is 4.79 Å². The van der Waals surface area contributed by atoms with Crippen molar-refractivity contribution in [3.63, 3.8) is 0 Å². The van der Waals surface area contributed by atoms with Crippen LogP contribution in [0.2, 0.25) is 0 Å². The third-order valence-corrected chi connectivity index (χ3v) is 4.54. The molecule has 0 radical (unpaired) electrons. The molecular weight excluding hydrogens is 362 g/mol. The maximum absolute atomic E-state index is 11.0. The second-order valence-corrected chi connectivity index (χ2v) is 6.44. The maximum Gasteiger partial charge on any atom is 0.335 e. The van der Waals surface area contributed by atoms with Crippen molar-refractivity contribution in [2.24, 2.45) is 0 Å². The molecule has 0 amide bonds. The van der Waals surface area contributed by atoms with Crippen LogP contribution in [0.5, 0.6) is 5.75 Å². The van der Waals surface area contributed by atoms with Crippen molar-refractivity contribution in [2.45, 2.75) is 27.0 Å². The lowest BCUT2D eigenvalue weighted by atomic mass is 10.1. The van der Waals surface area contributed by atoms with Gasteiger partial charge in [0.15, 0.2) is 0 Å². The highest BCUT2D eigenvalue weighted by Crippen LogP contribution is 2.23. The molecule has 4 heteroatoms. The Morgan fingerprint density at radius 1 is 0.897 bits per heavy atom. The van der Waals surface area contributed by atoms with E-state index in [-0.39, 0.29) is 0 Å². The summed E-state index contributed by atoms with van der Waals surface area (Å²) >= 11 is 0. The lowest BCUT2D eigenvalue weighted by Crippen LogP contribution is -2.00. The number of carbonyl (C=O) groups is 1. The molecule has 0 saturated heterocycles. The Labute approximate surface area is 171 Å². The van der Waals surface area contributed by atoms with Crippen LogP contribution in [0, 0.1) is 0 Å². The number of rotatable bonds is 6. The Bertz CT molecular complexity index is 1070. The van der Waals surface area contributed by atoms with Gasteiger partial charge >= 0.3 is 5.97 Å². The number of carboxylic acids is 1. The highest BCUT2D eigenvalue weighted by molar-refractivity contribution is 5.87. The van der Waals surface area contributed by atoms with Gasteiger partial charge in [-0.2, -0.15) is 0 Å². The second-order valence-electron chi connectivity index (χ2n) is 6.44. The highest BCUT2D eigenvalue weighted by Gasteiger charge is 2.06. The van der Waals surface area contributed by atoms with Crippen LogP contribution in [-0.4, -0.2) is 15.6 Å². The van der Waals surface area contributed by atoms with Gasteiger partial charge in [-0.1, -0.05) is 56.3 Å². The van der Waals surface area contributed by atoms with Gasteiger partial charge in [0.2, 0.25) is 0 Å². The predicted octanol–water partition coefficient (Wildman–Crippen LogP) is 5.99. The molecule has 148 valence electrons. The first-order valence-electron chi connectivity index (χ1n) is 9.77. The molecule has 0 bridgehead atoms. The summed E-state index contributed by atoms with van der Waals surface area (Å²) < 4.78 is 8.04. The monoisotopic (exact) mass is 387 g/mol. The Balaban J connectivity index is 0.00000117. The third kappa shape index (κ3) is 5.05. The Kier molecular flexibility index (Phi) is 6.69. The maximum atomic E-state index is 11.0. The van der Waals surface area contributed by atoms with Gasteiger partial charge in [-0.05, 0) is 47.5 Å². The molecule has 29 heavy (non-hydrogen) atoms. The van der Waals surface area contributed by atoms with E-state index in [0.717, 1.165) is 27.8 Å². The Hall–Kier alpha value is -3.53. The lowest BCUT2D eigenvalue weighted by Gasteiger charge is -2.09. The number of ether oxygens (including phenoxy) is 1. The lowest BCUT2D eigenvalue weighted by molar-refractivity contribution is 0.0697. The molecule has 0 aliphatic heterocycles. The molecule has 4 aromatic rings. The highest BCUT2D eigenvalue weighted by atomic mass is 16.5. The van der Waals surface area contributed by atoms with Gasteiger partial charge < -0.3 is 14.4 Å². The van der Waals surface area contributed by atoms with Crippen LogP contribution < -0.4 is 4.74 Å². The third-order valence-electron chi connectivity index (χ3n) is 4.54. The fourth-order valence-corrected chi connectivity index (χ4v) is 3.10. The molecule has 3 aromatic carbocycles. The van der Waals surface area contributed by atoms with Crippen molar-refractivity contribution in [1.82, 2.24) is 4.57 Å². The number of aromatic nitrogens is 1. The minimum atomic E-state index is -0.906. The molecule has 0 aliphatic carbocycles. The van der Waals surface area contributed by atoms with Crippen LogP contribution in [0.25, 0.3) is 10.9 Å². The SMILES string of the molecule is CC.O=C(O)c1ccc(Cn2ccc3cc(OCc4ccccc4)ccc32)cc1. The molecule has 0 aliphatic rings. The number of carboxylic acid groups (broad SMARTS) is 1. The van der Waals surface area contributed by atoms with Crippen molar-refractivity contribution in [2.75, 3.05) is 0 Å².